The smallest absolute Gasteiger partial charge is 0.312 e. The lowest BCUT2D eigenvalue weighted by molar-refractivity contribution is -0.176. The van der Waals surface area contributed by atoms with Gasteiger partial charge in [0.15, 0.2) is 5.78 Å². The second-order valence-electron chi connectivity index (χ2n) is 11.0. The molecule has 4 aliphatic carbocycles. The van der Waals surface area contributed by atoms with Gasteiger partial charge in [0.25, 0.3) is 0 Å². The van der Waals surface area contributed by atoms with Gasteiger partial charge in [0, 0.05) is 29.6 Å². The Morgan fingerprint density at radius 1 is 1.19 bits per heavy atom. The van der Waals surface area contributed by atoms with Crippen molar-refractivity contribution in [3.63, 3.8) is 0 Å². The van der Waals surface area contributed by atoms with Gasteiger partial charge in [-0.3, -0.25) is 14.4 Å². The van der Waals surface area contributed by atoms with Crippen LogP contribution >= 0.6 is 0 Å². The van der Waals surface area contributed by atoms with Gasteiger partial charge >= 0.3 is 11.9 Å². The molecule has 2 saturated heterocycles. The monoisotopic (exact) mass is 432 g/mol. The standard InChI is InChI=1S/C24H29FO6/c1-21-7-4-12(26)10-14(21)19(25)17(20(28)29-3)18-13-5-8-23(9-6-16(27)31-23)22(13,2)11-15-24(18,21)30-15/h10,13,15,17-19H,4-9,11H2,1-3H3/t13?,15-,17-,18?,19+,21-,22-,23+,24?/m0/s1. The van der Waals surface area contributed by atoms with Crippen molar-refractivity contribution in [3.05, 3.63) is 11.6 Å². The lowest BCUT2D eigenvalue weighted by Gasteiger charge is -2.59. The maximum Gasteiger partial charge on any atom is 0.312 e. The molecule has 0 radical (unpaired) electrons. The number of epoxide rings is 1. The number of fused-ring (bicyclic) bond motifs is 4. The predicted octanol–water partition coefficient (Wildman–Crippen LogP) is 3.07. The Labute approximate surface area is 180 Å². The van der Waals surface area contributed by atoms with Crippen molar-refractivity contribution in [2.24, 2.45) is 28.6 Å². The molecule has 6 nitrogen and oxygen atoms in total. The summed E-state index contributed by atoms with van der Waals surface area (Å²) in [6.07, 6.45) is 3.91. The van der Waals surface area contributed by atoms with Crippen LogP contribution < -0.4 is 0 Å². The molecule has 6 rings (SSSR count). The zero-order chi connectivity index (χ0) is 22.0. The zero-order valence-electron chi connectivity index (χ0n) is 18.2. The van der Waals surface area contributed by atoms with Crippen LogP contribution in [0.3, 0.4) is 0 Å². The van der Waals surface area contributed by atoms with Gasteiger partial charge in [0.05, 0.1) is 19.1 Å². The summed E-state index contributed by atoms with van der Waals surface area (Å²) in [5.74, 6) is -2.25. The molecule has 0 amide bonds. The Morgan fingerprint density at radius 2 is 1.97 bits per heavy atom. The summed E-state index contributed by atoms with van der Waals surface area (Å²) in [6.45, 7) is 4.16. The Balaban J connectivity index is 1.52. The molecule has 168 valence electrons. The minimum atomic E-state index is -1.58. The summed E-state index contributed by atoms with van der Waals surface area (Å²) in [5, 5.41) is 0. The van der Waals surface area contributed by atoms with Crippen molar-refractivity contribution in [1.82, 2.24) is 0 Å². The van der Waals surface area contributed by atoms with Gasteiger partial charge in [-0.1, -0.05) is 13.8 Å². The van der Waals surface area contributed by atoms with Crippen LogP contribution in [0.15, 0.2) is 11.6 Å². The number of ether oxygens (including phenoxy) is 3. The van der Waals surface area contributed by atoms with E-state index in [4.69, 9.17) is 14.2 Å². The van der Waals surface area contributed by atoms with Gasteiger partial charge in [-0.25, -0.2) is 4.39 Å². The van der Waals surface area contributed by atoms with Gasteiger partial charge in [-0.05, 0) is 49.7 Å². The number of methoxy groups -OCH3 is 1. The molecule has 3 saturated carbocycles. The van der Waals surface area contributed by atoms with E-state index in [1.165, 1.54) is 13.2 Å². The van der Waals surface area contributed by atoms with Crippen LogP contribution in [0, 0.1) is 28.6 Å². The first-order valence-electron chi connectivity index (χ1n) is 11.5. The van der Waals surface area contributed by atoms with Crippen LogP contribution in [0.2, 0.25) is 0 Å². The molecule has 0 bridgehead atoms. The second-order valence-corrected chi connectivity index (χ2v) is 11.0. The average molecular weight is 432 g/mol. The van der Waals surface area contributed by atoms with Crippen LogP contribution in [0.5, 0.6) is 0 Å². The fraction of sp³-hybridized carbons (Fsp3) is 0.792. The molecular weight excluding hydrogens is 403 g/mol. The van der Waals surface area contributed by atoms with Crippen molar-refractivity contribution in [2.75, 3.05) is 7.11 Å². The lowest BCUT2D eigenvalue weighted by atomic mass is 9.43. The van der Waals surface area contributed by atoms with E-state index in [1.807, 2.05) is 6.92 Å². The molecule has 2 heterocycles. The third kappa shape index (κ3) is 2.06. The van der Waals surface area contributed by atoms with Crippen LogP contribution in [0.25, 0.3) is 0 Å². The Hall–Kier alpha value is -1.76. The maximum atomic E-state index is 16.1. The van der Waals surface area contributed by atoms with E-state index in [-0.39, 0.29) is 35.1 Å². The Morgan fingerprint density at radius 3 is 2.65 bits per heavy atom. The quantitative estimate of drug-likeness (QED) is 0.468. The molecular formula is C24H29FO6. The second kappa shape index (κ2) is 5.77. The number of carbonyl (C=O) groups excluding carboxylic acids is 3. The topological polar surface area (TPSA) is 82.2 Å². The number of esters is 2. The lowest BCUT2D eigenvalue weighted by Crippen LogP contribution is -2.66. The molecule has 9 atom stereocenters. The van der Waals surface area contributed by atoms with Gasteiger partial charge in [-0.2, -0.15) is 0 Å². The highest BCUT2D eigenvalue weighted by molar-refractivity contribution is 5.92. The van der Waals surface area contributed by atoms with E-state index < -0.39 is 34.7 Å². The fourth-order valence-electron chi connectivity index (χ4n) is 8.69. The summed E-state index contributed by atoms with van der Waals surface area (Å²) < 4.78 is 33.7. The maximum absolute atomic E-state index is 16.1. The van der Waals surface area contributed by atoms with Crippen molar-refractivity contribution >= 4 is 17.7 Å². The fourth-order valence-corrected chi connectivity index (χ4v) is 8.69. The molecule has 2 spiro atoms. The van der Waals surface area contributed by atoms with E-state index in [2.05, 4.69) is 6.92 Å². The molecule has 7 heteroatoms. The zero-order valence-corrected chi connectivity index (χ0v) is 18.2. The van der Waals surface area contributed by atoms with E-state index >= 15 is 4.39 Å². The van der Waals surface area contributed by atoms with Gasteiger partial charge in [0.1, 0.15) is 17.4 Å². The third-order valence-corrected chi connectivity index (χ3v) is 10.2. The number of rotatable bonds is 1. The summed E-state index contributed by atoms with van der Waals surface area (Å²) in [5.41, 5.74) is -1.81. The van der Waals surface area contributed by atoms with Crippen LogP contribution in [0.4, 0.5) is 4.39 Å². The highest BCUT2D eigenvalue weighted by Gasteiger charge is 2.84. The molecule has 0 aromatic rings. The van der Waals surface area contributed by atoms with E-state index in [0.717, 1.165) is 19.3 Å². The van der Waals surface area contributed by atoms with Crippen molar-refractivity contribution in [2.45, 2.75) is 82.3 Å². The van der Waals surface area contributed by atoms with Gasteiger partial charge in [-0.15, -0.1) is 0 Å². The number of alkyl halides is 1. The number of ketones is 1. The highest BCUT2D eigenvalue weighted by atomic mass is 19.1. The molecule has 0 N–H and O–H groups in total. The minimum Gasteiger partial charge on any atom is -0.469 e. The summed E-state index contributed by atoms with van der Waals surface area (Å²) in [6, 6.07) is 0. The average Bonchev–Trinajstić information content (AvgIpc) is 3.23. The summed E-state index contributed by atoms with van der Waals surface area (Å²) in [4.78, 5) is 37.3. The van der Waals surface area contributed by atoms with Crippen molar-refractivity contribution in [3.8, 4) is 0 Å². The van der Waals surface area contributed by atoms with E-state index in [9.17, 15) is 14.4 Å². The van der Waals surface area contributed by atoms with E-state index in [1.54, 1.807) is 0 Å². The van der Waals surface area contributed by atoms with Gasteiger partial charge < -0.3 is 14.2 Å². The molecule has 0 aromatic heterocycles. The minimum absolute atomic E-state index is 0.0181. The molecule has 3 unspecified atom stereocenters. The molecule has 2 aliphatic heterocycles. The molecule has 6 aliphatic rings. The molecule has 31 heavy (non-hydrogen) atoms. The van der Waals surface area contributed by atoms with Crippen LogP contribution in [-0.2, 0) is 28.6 Å². The van der Waals surface area contributed by atoms with Crippen molar-refractivity contribution < 1.29 is 33.0 Å². The third-order valence-electron chi connectivity index (χ3n) is 10.2. The number of hydrogen-bond acceptors (Lipinski definition) is 6. The number of hydrogen-bond donors (Lipinski definition) is 0. The SMILES string of the molecule is COC(=O)[C@H]1C2C3CC[C@@]4(CCC(=O)O4)[C@@]3(C)C[C@@H]3OC23[C@@]2(C)CCC(=O)C=C2[C@H]1F. The summed E-state index contributed by atoms with van der Waals surface area (Å²) in [7, 11) is 1.29. The Kier molecular flexibility index (Phi) is 3.70. The summed E-state index contributed by atoms with van der Waals surface area (Å²) >= 11 is 0. The molecule has 0 aromatic carbocycles. The van der Waals surface area contributed by atoms with E-state index in [0.29, 0.717) is 31.3 Å². The number of halogens is 1. The highest BCUT2D eigenvalue weighted by Crippen LogP contribution is 2.78. The first-order chi connectivity index (χ1) is 14.6. The molecule has 5 fully saturated rings. The van der Waals surface area contributed by atoms with Crippen LogP contribution in [0.1, 0.15) is 58.8 Å². The first kappa shape index (κ1) is 19.9. The largest absolute Gasteiger partial charge is 0.469 e. The van der Waals surface area contributed by atoms with Crippen molar-refractivity contribution in [1.29, 1.82) is 0 Å². The normalized spacial score (nSPS) is 54.3. The van der Waals surface area contributed by atoms with Gasteiger partial charge in [0.2, 0.25) is 0 Å². The predicted molar refractivity (Wildman–Crippen MR) is 105 cm³/mol. The Bertz CT molecular complexity index is 944. The van der Waals surface area contributed by atoms with Crippen LogP contribution in [-0.4, -0.2) is 48.3 Å². The number of carbonyl (C=O) groups is 3. The first-order valence-corrected chi connectivity index (χ1v) is 11.5.